The van der Waals surface area contributed by atoms with Crippen molar-refractivity contribution in [3.63, 3.8) is 0 Å². The lowest BCUT2D eigenvalue weighted by molar-refractivity contribution is -0.117. The van der Waals surface area contributed by atoms with E-state index in [2.05, 4.69) is 15.6 Å². The third-order valence-electron chi connectivity index (χ3n) is 2.88. The molecule has 1 unspecified atom stereocenters. The number of nitrogens with zero attached hydrogens (tertiary/aromatic N) is 1. The fourth-order valence-electron chi connectivity index (χ4n) is 1.90. The van der Waals surface area contributed by atoms with Crippen molar-refractivity contribution in [2.75, 3.05) is 16.9 Å². The number of aromatic nitrogens is 1. The Kier molecular flexibility index (Phi) is 3.23. The minimum absolute atomic E-state index is 0.0108. The van der Waals surface area contributed by atoms with Gasteiger partial charge in [0, 0.05) is 11.6 Å². The van der Waals surface area contributed by atoms with E-state index in [4.69, 9.17) is 0 Å². The first-order chi connectivity index (χ1) is 8.74. The summed E-state index contributed by atoms with van der Waals surface area (Å²) in [6, 6.07) is 5.97. The SMILES string of the molecule is Cc1cccc2sc(NC(=O)C3CSCN3)nc12. The van der Waals surface area contributed by atoms with E-state index in [9.17, 15) is 4.79 Å². The number of anilines is 1. The largest absolute Gasteiger partial charge is 0.301 e. The lowest BCUT2D eigenvalue weighted by atomic mass is 10.2. The first kappa shape index (κ1) is 12.0. The van der Waals surface area contributed by atoms with Crippen molar-refractivity contribution >= 4 is 44.4 Å². The van der Waals surface area contributed by atoms with Gasteiger partial charge in [-0.2, -0.15) is 0 Å². The topological polar surface area (TPSA) is 54.0 Å². The number of carbonyl (C=O) groups excluding carboxylic acids is 1. The fraction of sp³-hybridized carbons (Fsp3) is 0.333. The monoisotopic (exact) mass is 279 g/mol. The van der Waals surface area contributed by atoms with E-state index >= 15 is 0 Å². The van der Waals surface area contributed by atoms with E-state index in [0.717, 1.165) is 27.4 Å². The average molecular weight is 279 g/mol. The van der Waals surface area contributed by atoms with Crippen molar-refractivity contribution in [1.82, 2.24) is 10.3 Å². The third kappa shape index (κ3) is 2.23. The summed E-state index contributed by atoms with van der Waals surface area (Å²) < 4.78 is 1.11. The van der Waals surface area contributed by atoms with Crippen LogP contribution in [0.5, 0.6) is 0 Å². The van der Waals surface area contributed by atoms with Gasteiger partial charge in [0.25, 0.3) is 0 Å². The Morgan fingerprint density at radius 3 is 3.17 bits per heavy atom. The minimum atomic E-state index is -0.0943. The molecule has 1 amide bonds. The van der Waals surface area contributed by atoms with Crippen LogP contribution in [0.1, 0.15) is 5.56 Å². The van der Waals surface area contributed by atoms with Gasteiger partial charge >= 0.3 is 0 Å². The van der Waals surface area contributed by atoms with Gasteiger partial charge < -0.3 is 5.32 Å². The van der Waals surface area contributed by atoms with Crippen LogP contribution in [0.2, 0.25) is 0 Å². The molecule has 6 heteroatoms. The number of hydrogen-bond acceptors (Lipinski definition) is 5. The number of amides is 1. The maximum Gasteiger partial charge on any atom is 0.244 e. The zero-order chi connectivity index (χ0) is 12.5. The molecular formula is C12H13N3OS2. The standard InChI is InChI=1S/C12H13N3OS2/c1-7-3-2-4-9-10(7)14-12(18-9)15-11(16)8-5-17-6-13-8/h2-4,8,13H,5-6H2,1H3,(H,14,15,16). The zero-order valence-electron chi connectivity index (χ0n) is 9.90. The molecule has 18 heavy (non-hydrogen) atoms. The Hall–Kier alpha value is -1.11. The van der Waals surface area contributed by atoms with Crippen molar-refractivity contribution in [2.45, 2.75) is 13.0 Å². The number of rotatable bonds is 2. The predicted molar refractivity (Wildman–Crippen MR) is 77.2 cm³/mol. The molecule has 1 aromatic carbocycles. The zero-order valence-corrected chi connectivity index (χ0v) is 11.5. The number of carbonyl (C=O) groups is 1. The number of aryl methyl sites for hydroxylation is 1. The van der Waals surface area contributed by atoms with Crippen LogP contribution in [0.4, 0.5) is 5.13 Å². The molecule has 0 bridgehead atoms. The average Bonchev–Trinajstić information content (AvgIpc) is 2.97. The molecule has 2 heterocycles. The molecule has 1 aliphatic rings. The molecular weight excluding hydrogens is 266 g/mol. The van der Waals surface area contributed by atoms with Crippen LogP contribution in [0.15, 0.2) is 18.2 Å². The minimum Gasteiger partial charge on any atom is -0.301 e. The number of fused-ring (bicyclic) bond motifs is 1. The highest BCUT2D eigenvalue weighted by Crippen LogP contribution is 2.28. The molecule has 1 atom stereocenters. The van der Waals surface area contributed by atoms with Crippen LogP contribution < -0.4 is 10.6 Å². The number of hydrogen-bond donors (Lipinski definition) is 2. The van der Waals surface area contributed by atoms with E-state index < -0.39 is 0 Å². The molecule has 2 aromatic rings. The van der Waals surface area contributed by atoms with Crippen molar-refractivity contribution < 1.29 is 4.79 Å². The molecule has 1 aromatic heterocycles. The smallest absolute Gasteiger partial charge is 0.244 e. The molecule has 94 valence electrons. The number of para-hydroxylation sites is 1. The van der Waals surface area contributed by atoms with Crippen molar-refractivity contribution in [3.05, 3.63) is 23.8 Å². The molecule has 2 N–H and O–H groups in total. The Bertz CT molecular complexity index is 590. The molecule has 0 spiro atoms. The molecule has 0 radical (unpaired) electrons. The Morgan fingerprint density at radius 1 is 1.56 bits per heavy atom. The van der Waals surface area contributed by atoms with Gasteiger partial charge in [0.1, 0.15) is 0 Å². The summed E-state index contributed by atoms with van der Waals surface area (Å²) in [5, 5.41) is 6.73. The van der Waals surface area contributed by atoms with Crippen molar-refractivity contribution in [3.8, 4) is 0 Å². The van der Waals surface area contributed by atoms with E-state index in [-0.39, 0.29) is 11.9 Å². The maximum atomic E-state index is 12.0. The summed E-state index contributed by atoms with van der Waals surface area (Å²) in [4.78, 5) is 16.4. The highest BCUT2D eigenvalue weighted by Gasteiger charge is 2.23. The fourth-order valence-corrected chi connectivity index (χ4v) is 3.78. The summed E-state index contributed by atoms with van der Waals surface area (Å²) >= 11 is 3.26. The van der Waals surface area contributed by atoms with Crippen LogP contribution in [-0.4, -0.2) is 28.6 Å². The summed E-state index contributed by atoms with van der Waals surface area (Å²) in [7, 11) is 0. The van der Waals surface area contributed by atoms with Crippen molar-refractivity contribution in [1.29, 1.82) is 0 Å². The van der Waals surface area contributed by atoms with Crippen LogP contribution >= 0.6 is 23.1 Å². The summed E-state index contributed by atoms with van der Waals surface area (Å²) in [5.74, 6) is 1.68. The van der Waals surface area contributed by atoms with Crippen molar-refractivity contribution in [2.24, 2.45) is 0 Å². The second kappa shape index (κ2) is 4.87. The van der Waals surface area contributed by atoms with Gasteiger partial charge in [-0.1, -0.05) is 23.5 Å². The molecule has 1 saturated heterocycles. The lowest BCUT2D eigenvalue weighted by Crippen LogP contribution is -2.37. The molecule has 4 nitrogen and oxygen atoms in total. The van der Waals surface area contributed by atoms with E-state index in [1.165, 1.54) is 11.3 Å². The third-order valence-corrected chi connectivity index (χ3v) is 4.76. The normalized spacial score (nSPS) is 19.3. The molecule has 0 aliphatic carbocycles. The summed E-state index contributed by atoms with van der Waals surface area (Å²) in [5.41, 5.74) is 2.12. The van der Waals surface area contributed by atoms with Gasteiger partial charge in [-0.05, 0) is 18.6 Å². The number of nitrogens with one attached hydrogen (secondary N) is 2. The van der Waals surface area contributed by atoms with Crippen LogP contribution in [-0.2, 0) is 4.79 Å². The Labute approximate surface area is 113 Å². The second-order valence-corrected chi connectivity index (χ2v) is 6.26. The maximum absolute atomic E-state index is 12.0. The molecule has 1 aliphatic heterocycles. The Morgan fingerprint density at radius 2 is 2.44 bits per heavy atom. The number of benzene rings is 1. The quantitative estimate of drug-likeness (QED) is 0.885. The second-order valence-electron chi connectivity index (χ2n) is 4.20. The van der Waals surface area contributed by atoms with Crippen LogP contribution in [0.25, 0.3) is 10.2 Å². The first-order valence-electron chi connectivity index (χ1n) is 5.72. The lowest BCUT2D eigenvalue weighted by Gasteiger charge is -2.07. The molecule has 3 rings (SSSR count). The highest BCUT2D eigenvalue weighted by molar-refractivity contribution is 7.99. The van der Waals surface area contributed by atoms with E-state index in [1.54, 1.807) is 11.8 Å². The Balaban J connectivity index is 1.82. The van der Waals surface area contributed by atoms with E-state index in [0.29, 0.717) is 5.13 Å². The molecule has 0 saturated carbocycles. The van der Waals surface area contributed by atoms with Gasteiger partial charge in [-0.25, -0.2) is 4.98 Å². The predicted octanol–water partition coefficient (Wildman–Crippen LogP) is 2.21. The van der Waals surface area contributed by atoms with Crippen LogP contribution in [0.3, 0.4) is 0 Å². The van der Waals surface area contributed by atoms with Gasteiger partial charge in [-0.15, -0.1) is 11.8 Å². The highest BCUT2D eigenvalue weighted by atomic mass is 32.2. The molecule has 1 fully saturated rings. The van der Waals surface area contributed by atoms with Gasteiger partial charge in [0.2, 0.25) is 5.91 Å². The first-order valence-corrected chi connectivity index (χ1v) is 7.69. The van der Waals surface area contributed by atoms with Gasteiger partial charge in [0.15, 0.2) is 5.13 Å². The number of thiazole rings is 1. The van der Waals surface area contributed by atoms with Crippen LogP contribution in [0, 0.1) is 6.92 Å². The summed E-state index contributed by atoms with van der Waals surface area (Å²) in [6.07, 6.45) is 0. The van der Waals surface area contributed by atoms with Gasteiger partial charge in [-0.3, -0.25) is 10.1 Å². The van der Waals surface area contributed by atoms with E-state index in [1.807, 2.05) is 25.1 Å². The summed E-state index contributed by atoms with van der Waals surface area (Å²) in [6.45, 7) is 2.03. The van der Waals surface area contributed by atoms with Gasteiger partial charge in [0.05, 0.1) is 16.3 Å². The number of thioether (sulfide) groups is 1.